The molecule has 9 heteroatoms. The first-order valence-electron chi connectivity index (χ1n) is 6.91. The number of esters is 1. The van der Waals surface area contributed by atoms with Crippen molar-refractivity contribution in [3.63, 3.8) is 0 Å². The summed E-state index contributed by atoms with van der Waals surface area (Å²) in [5, 5.41) is 0. The molecular formula is C15H14N4O4S. The second-order valence-corrected chi connectivity index (χ2v) is 7.27. The molecule has 0 saturated heterocycles. The van der Waals surface area contributed by atoms with Crippen LogP contribution in [-0.4, -0.2) is 47.2 Å². The van der Waals surface area contributed by atoms with Crippen LogP contribution in [0.4, 0.5) is 0 Å². The molecule has 0 fully saturated rings. The molecule has 0 aliphatic heterocycles. The Bertz CT molecular complexity index is 994. The van der Waals surface area contributed by atoms with Crippen molar-refractivity contribution in [2.24, 2.45) is 0 Å². The Morgan fingerprint density at radius 1 is 1.12 bits per heavy atom. The lowest BCUT2D eigenvalue weighted by Crippen LogP contribution is -2.22. The zero-order valence-corrected chi connectivity index (χ0v) is 13.8. The third kappa shape index (κ3) is 2.86. The minimum atomic E-state index is -3.52. The normalized spacial score (nSPS) is 11.8. The summed E-state index contributed by atoms with van der Waals surface area (Å²) in [6, 6.07) is 7.26. The number of hydrogen-bond donors (Lipinski definition) is 0. The lowest BCUT2D eigenvalue weighted by molar-refractivity contribution is 0.0731. The lowest BCUT2D eigenvalue weighted by Gasteiger charge is -2.11. The molecule has 3 aromatic rings. The number of fused-ring (bicyclic) bond motifs is 1. The summed E-state index contributed by atoms with van der Waals surface area (Å²) in [5.41, 5.74) is 0.726. The van der Waals surface area contributed by atoms with E-state index in [0.717, 1.165) is 4.31 Å². The van der Waals surface area contributed by atoms with Gasteiger partial charge < -0.3 is 4.74 Å². The summed E-state index contributed by atoms with van der Waals surface area (Å²) in [7, 11) is -0.631. The molecular weight excluding hydrogens is 332 g/mol. The van der Waals surface area contributed by atoms with Crippen LogP contribution in [0.15, 0.2) is 54.1 Å². The van der Waals surface area contributed by atoms with Crippen LogP contribution in [-0.2, 0) is 10.0 Å². The van der Waals surface area contributed by atoms with E-state index in [9.17, 15) is 13.2 Å². The Morgan fingerprint density at radius 3 is 2.50 bits per heavy atom. The van der Waals surface area contributed by atoms with Crippen molar-refractivity contribution in [2.75, 3.05) is 14.1 Å². The highest BCUT2D eigenvalue weighted by Crippen LogP contribution is 2.19. The molecule has 0 amide bonds. The highest BCUT2D eigenvalue weighted by atomic mass is 32.2. The van der Waals surface area contributed by atoms with Gasteiger partial charge in [-0.1, -0.05) is 0 Å². The van der Waals surface area contributed by atoms with Gasteiger partial charge in [-0.05, 0) is 30.3 Å². The highest BCUT2D eigenvalue weighted by Gasteiger charge is 2.18. The van der Waals surface area contributed by atoms with Crippen LogP contribution in [0.25, 0.3) is 5.52 Å². The van der Waals surface area contributed by atoms with Gasteiger partial charge in [0.1, 0.15) is 18.4 Å². The van der Waals surface area contributed by atoms with Gasteiger partial charge >= 0.3 is 5.97 Å². The number of aromatic nitrogens is 3. The Hall–Kier alpha value is -2.78. The van der Waals surface area contributed by atoms with E-state index in [1.54, 1.807) is 16.7 Å². The largest absolute Gasteiger partial charge is 0.422 e. The highest BCUT2D eigenvalue weighted by molar-refractivity contribution is 7.89. The van der Waals surface area contributed by atoms with Gasteiger partial charge in [-0.3, -0.25) is 4.40 Å². The van der Waals surface area contributed by atoms with Crippen LogP contribution in [0, 0.1) is 0 Å². The predicted molar refractivity (Wildman–Crippen MR) is 85.3 cm³/mol. The van der Waals surface area contributed by atoms with Gasteiger partial charge in [-0.25, -0.2) is 27.5 Å². The molecule has 2 aromatic heterocycles. The van der Waals surface area contributed by atoms with Crippen molar-refractivity contribution in [1.29, 1.82) is 0 Å². The summed E-state index contributed by atoms with van der Waals surface area (Å²) >= 11 is 0. The standard InChI is InChI=1S/C15H14N4O4S/c1-18(2)24(21,22)12-5-3-11(4-6-12)23-15(20)14-13-7-8-16-9-19(13)10-17-14/h3-10H,1-2H3. The average molecular weight is 346 g/mol. The van der Waals surface area contributed by atoms with E-state index in [2.05, 4.69) is 9.97 Å². The molecule has 0 unspecified atom stereocenters. The Balaban J connectivity index is 1.83. The number of imidazole rings is 1. The molecule has 0 spiro atoms. The molecule has 124 valence electrons. The summed E-state index contributed by atoms with van der Waals surface area (Å²) in [6.45, 7) is 0. The van der Waals surface area contributed by atoms with Crippen LogP contribution >= 0.6 is 0 Å². The van der Waals surface area contributed by atoms with Crippen LogP contribution in [0.3, 0.4) is 0 Å². The first-order chi connectivity index (χ1) is 11.4. The van der Waals surface area contributed by atoms with Crippen molar-refractivity contribution < 1.29 is 17.9 Å². The van der Waals surface area contributed by atoms with E-state index in [4.69, 9.17) is 4.74 Å². The van der Waals surface area contributed by atoms with Crippen molar-refractivity contribution in [1.82, 2.24) is 18.7 Å². The third-order valence-corrected chi connectivity index (χ3v) is 5.18. The fourth-order valence-corrected chi connectivity index (χ4v) is 2.96. The molecule has 0 saturated carbocycles. The van der Waals surface area contributed by atoms with E-state index in [1.807, 2.05) is 0 Å². The van der Waals surface area contributed by atoms with Gasteiger partial charge in [-0.2, -0.15) is 0 Å². The maximum atomic E-state index is 12.2. The first-order valence-corrected chi connectivity index (χ1v) is 8.35. The Labute approximate surface area is 138 Å². The molecule has 0 aliphatic carbocycles. The minimum absolute atomic E-state index is 0.116. The van der Waals surface area contributed by atoms with Crippen molar-refractivity contribution >= 4 is 21.5 Å². The number of carbonyl (C=O) groups is 1. The number of nitrogens with zero attached hydrogens (tertiary/aromatic N) is 4. The molecule has 0 aliphatic rings. The molecule has 0 radical (unpaired) electrons. The zero-order valence-electron chi connectivity index (χ0n) is 12.9. The van der Waals surface area contributed by atoms with Gasteiger partial charge in [0.25, 0.3) is 0 Å². The first kappa shape index (κ1) is 16.1. The molecule has 8 nitrogen and oxygen atoms in total. The number of carbonyl (C=O) groups excluding carboxylic acids is 1. The SMILES string of the molecule is CN(C)S(=O)(=O)c1ccc(OC(=O)c2ncn3cnccc23)cc1. The van der Waals surface area contributed by atoms with Crippen LogP contribution in [0.2, 0.25) is 0 Å². The monoisotopic (exact) mass is 346 g/mol. The maximum absolute atomic E-state index is 12.2. The van der Waals surface area contributed by atoms with Gasteiger partial charge in [0.05, 0.1) is 10.4 Å². The average Bonchev–Trinajstić information content (AvgIpc) is 2.99. The van der Waals surface area contributed by atoms with E-state index < -0.39 is 16.0 Å². The number of benzene rings is 1. The smallest absolute Gasteiger partial charge is 0.364 e. The van der Waals surface area contributed by atoms with Crippen molar-refractivity contribution in [2.45, 2.75) is 4.90 Å². The van der Waals surface area contributed by atoms with E-state index in [1.165, 1.54) is 51.0 Å². The second-order valence-electron chi connectivity index (χ2n) is 5.11. The zero-order chi connectivity index (χ0) is 17.3. The van der Waals surface area contributed by atoms with Gasteiger partial charge in [0.15, 0.2) is 5.69 Å². The molecule has 24 heavy (non-hydrogen) atoms. The second kappa shape index (κ2) is 6.02. The van der Waals surface area contributed by atoms with Crippen molar-refractivity contribution in [3.05, 3.63) is 54.9 Å². The van der Waals surface area contributed by atoms with Gasteiger partial charge in [0, 0.05) is 20.3 Å². The predicted octanol–water partition coefficient (Wildman–Crippen LogP) is 1.20. The molecule has 0 atom stereocenters. The maximum Gasteiger partial charge on any atom is 0.364 e. The fraction of sp³-hybridized carbons (Fsp3) is 0.133. The van der Waals surface area contributed by atoms with E-state index in [-0.39, 0.29) is 16.3 Å². The number of ether oxygens (including phenoxy) is 1. The van der Waals surface area contributed by atoms with Crippen LogP contribution in [0.5, 0.6) is 5.75 Å². The Morgan fingerprint density at radius 2 is 1.83 bits per heavy atom. The molecule has 0 bridgehead atoms. The number of hydrogen-bond acceptors (Lipinski definition) is 6. The molecule has 0 N–H and O–H groups in total. The fourth-order valence-electron chi connectivity index (χ4n) is 2.05. The molecule has 2 heterocycles. The summed E-state index contributed by atoms with van der Waals surface area (Å²) in [5.74, 6) is -0.403. The number of sulfonamides is 1. The summed E-state index contributed by atoms with van der Waals surface area (Å²) in [6.07, 6.45) is 4.54. The summed E-state index contributed by atoms with van der Waals surface area (Å²) in [4.78, 5) is 20.3. The van der Waals surface area contributed by atoms with Crippen molar-refractivity contribution in [3.8, 4) is 5.75 Å². The number of rotatable bonds is 4. The van der Waals surface area contributed by atoms with Crippen LogP contribution in [0.1, 0.15) is 10.5 Å². The third-order valence-electron chi connectivity index (χ3n) is 3.35. The lowest BCUT2D eigenvalue weighted by atomic mass is 10.3. The van der Waals surface area contributed by atoms with E-state index >= 15 is 0 Å². The molecule has 3 rings (SSSR count). The van der Waals surface area contributed by atoms with Gasteiger partial charge in [0.2, 0.25) is 10.0 Å². The topological polar surface area (TPSA) is 93.9 Å². The Kier molecular flexibility index (Phi) is 4.04. The van der Waals surface area contributed by atoms with E-state index in [0.29, 0.717) is 5.52 Å². The quantitative estimate of drug-likeness (QED) is 0.520. The van der Waals surface area contributed by atoms with Crippen LogP contribution < -0.4 is 4.74 Å². The van der Waals surface area contributed by atoms with Gasteiger partial charge in [-0.15, -0.1) is 0 Å². The molecule has 1 aromatic carbocycles. The minimum Gasteiger partial charge on any atom is -0.422 e. The summed E-state index contributed by atoms with van der Waals surface area (Å²) < 4.78 is 32.0.